The Morgan fingerprint density at radius 1 is 1.36 bits per heavy atom. The molecule has 1 heterocycles. The number of halogens is 1. The molecule has 2 aromatic rings. The molecule has 1 aliphatic rings. The highest BCUT2D eigenvalue weighted by Crippen LogP contribution is 2.36. The van der Waals surface area contributed by atoms with Crippen molar-refractivity contribution >= 4 is 11.6 Å². The van der Waals surface area contributed by atoms with Crippen molar-refractivity contribution in [2.75, 3.05) is 20.2 Å². The Labute approximate surface area is 163 Å². The molecule has 0 radical (unpaired) electrons. The van der Waals surface area contributed by atoms with Crippen LogP contribution >= 0.6 is 0 Å². The molecule has 1 fully saturated rings. The van der Waals surface area contributed by atoms with Gasteiger partial charge in [0.25, 0.3) is 0 Å². The van der Waals surface area contributed by atoms with E-state index in [0.29, 0.717) is 30.2 Å². The van der Waals surface area contributed by atoms with Gasteiger partial charge in [-0.2, -0.15) is 0 Å². The summed E-state index contributed by atoms with van der Waals surface area (Å²) in [5.74, 6) is 0.815. The average molecular weight is 380 g/mol. The van der Waals surface area contributed by atoms with Crippen molar-refractivity contribution in [2.45, 2.75) is 18.7 Å². The molecular formula is C22H21FN2O3. The number of benzene rings is 2. The van der Waals surface area contributed by atoms with Gasteiger partial charge in [0.15, 0.2) is 11.9 Å². The fraction of sp³-hybridized carbons (Fsp3) is 0.273. The first-order valence-corrected chi connectivity index (χ1v) is 8.93. The minimum absolute atomic E-state index is 0.0304. The molecule has 0 saturated carbocycles. The van der Waals surface area contributed by atoms with Gasteiger partial charge in [-0.25, -0.2) is 9.24 Å². The first kappa shape index (κ1) is 19.4. The molecule has 3 rings (SSSR count). The third-order valence-corrected chi connectivity index (χ3v) is 4.69. The highest BCUT2D eigenvalue weighted by atomic mass is 19.1. The lowest BCUT2D eigenvalue weighted by molar-refractivity contribution is -0.129. The Morgan fingerprint density at radius 3 is 2.82 bits per heavy atom. The van der Waals surface area contributed by atoms with Gasteiger partial charge < -0.3 is 14.4 Å². The van der Waals surface area contributed by atoms with Crippen molar-refractivity contribution in [2.24, 2.45) is 0 Å². The molecule has 28 heavy (non-hydrogen) atoms. The molecule has 0 spiro atoms. The second-order valence-electron chi connectivity index (χ2n) is 6.48. The topological polar surface area (TPSA) is 43.1 Å². The molecule has 144 valence electrons. The Hall–Kier alpha value is -3.33. The fourth-order valence-corrected chi connectivity index (χ4v) is 3.27. The molecule has 1 aliphatic heterocycles. The minimum atomic E-state index is -1.32. The molecule has 0 N–H and O–H groups in total. The molecule has 2 aromatic carbocycles. The van der Waals surface area contributed by atoms with Crippen molar-refractivity contribution < 1.29 is 18.7 Å². The number of carbonyl (C=O) groups is 1. The number of rotatable bonds is 5. The number of piperidine rings is 1. The van der Waals surface area contributed by atoms with E-state index < -0.39 is 12.3 Å². The third-order valence-electron chi connectivity index (χ3n) is 4.69. The number of hydrogen-bond acceptors (Lipinski definition) is 3. The molecule has 0 unspecified atom stereocenters. The zero-order valence-corrected chi connectivity index (χ0v) is 15.6. The van der Waals surface area contributed by atoms with Gasteiger partial charge in [-0.1, -0.05) is 24.8 Å². The summed E-state index contributed by atoms with van der Waals surface area (Å²) in [6.07, 6.45) is -0.441. The van der Waals surface area contributed by atoms with Crippen LogP contribution in [0.1, 0.15) is 6.42 Å². The van der Waals surface area contributed by atoms with Gasteiger partial charge in [-0.05, 0) is 35.9 Å². The number of ether oxygens (including phenoxy) is 2. The quantitative estimate of drug-likeness (QED) is 0.570. The van der Waals surface area contributed by atoms with E-state index in [1.54, 1.807) is 25.3 Å². The smallest absolute Gasteiger partial charge is 0.246 e. The maximum Gasteiger partial charge on any atom is 0.246 e. The molecule has 5 nitrogen and oxygen atoms in total. The maximum atomic E-state index is 14.6. The standard InChI is InChI=1S/C22H21FN2O3/c1-4-22(26)25-10-9-21(19(23)14-25)28-17-12-15(11-16(13-17)24-2)18-7-5-6-8-20(18)27-3/h4-8,11-13,19,21H,1,9-10,14H2,3H3/t19-,21-/m1/s1. The number of alkyl halides is 1. The van der Waals surface area contributed by atoms with Gasteiger partial charge in [0.05, 0.1) is 20.2 Å². The van der Waals surface area contributed by atoms with Crippen LogP contribution in [0.3, 0.4) is 0 Å². The summed E-state index contributed by atoms with van der Waals surface area (Å²) in [5, 5.41) is 0. The van der Waals surface area contributed by atoms with Gasteiger partial charge in [-0.15, -0.1) is 0 Å². The summed E-state index contributed by atoms with van der Waals surface area (Å²) in [5.41, 5.74) is 1.98. The summed E-state index contributed by atoms with van der Waals surface area (Å²) in [7, 11) is 1.58. The molecular weight excluding hydrogens is 359 g/mol. The molecule has 1 amide bonds. The van der Waals surface area contributed by atoms with Crippen molar-refractivity contribution in [3.63, 3.8) is 0 Å². The predicted molar refractivity (Wildman–Crippen MR) is 105 cm³/mol. The van der Waals surface area contributed by atoms with Crippen LogP contribution in [0.5, 0.6) is 11.5 Å². The molecule has 6 heteroatoms. The van der Waals surface area contributed by atoms with Gasteiger partial charge in [0.2, 0.25) is 5.91 Å². The lowest BCUT2D eigenvalue weighted by Gasteiger charge is -2.34. The number of para-hydroxylation sites is 1. The van der Waals surface area contributed by atoms with Gasteiger partial charge >= 0.3 is 0 Å². The first-order chi connectivity index (χ1) is 13.5. The van der Waals surface area contributed by atoms with Gasteiger partial charge in [-0.3, -0.25) is 4.79 Å². The van der Waals surface area contributed by atoms with Crippen LogP contribution in [0.25, 0.3) is 16.0 Å². The zero-order chi connectivity index (χ0) is 20.1. The monoisotopic (exact) mass is 380 g/mol. The summed E-state index contributed by atoms with van der Waals surface area (Å²) >= 11 is 0. The molecule has 0 aromatic heterocycles. The van der Waals surface area contributed by atoms with Crippen LogP contribution in [-0.4, -0.2) is 43.3 Å². The highest BCUT2D eigenvalue weighted by Gasteiger charge is 2.32. The number of amides is 1. The highest BCUT2D eigenvalue weighted by molar-refractivity contribution is 5.87. The first-order valence-electron chi connectivity index (χ1n) is 8.93. The zero-order valence-electron chi connectivity index (χ0n) is 15.6. The van der Waals surface area contributed by atoms with Crippen LogP contribution in [0.15, 0.2) is 55.1 Å². The summed E-state index contributed by atoms with van der Waals surface area (Å²) in [6, 6.07) is 12.6. The van der Waals surface area contributed by atoms with Crippen LogP contribution < -0.4 is 9.47 Å². The normalized spacial score (nSPS) is 18.8. The van der Waals surface area contributed by atoms with Gasteiger partial charge in [0.1, 0.15) is 17.6 Å². The van der Waals surface area contributed by atoms with Crippen molar-refractivity contribution in [1.82, 2.24) is 4.90 Å². The Morgan fingerprint density at radius 2 is 2.14 bits per heavy atom. The summed E-state index contributed by atoms with van der Waals surface area (Å²) in [6.45, 7) is 11.2. The van der Waals surface area contributed by atoms with Crippen LogP contribution in [0.4, 0.5) is 10.1 Å². The lowest BCUT2D eigenvalue weighted by atomic mass is 10.0. The van der Waals surface area contributed by atoms with Crippen LogP contribution in [-0.2, 0) is 4.79 Å². The number of likely N-dealkylation sites (tertiary alicyclic amines) is 1. The molecule has 1 saturated heterocycles. The van der Waals surface area contributed by atoms with E-state index >= 15 is 0 Å². The van der Waals surface area contributed by atoms with E-state index in [-0.39, 0.29) is 12.5 Å². The van der Waals surface area contributed by atoms with Crippen LogP contribution in [0, 0.1) is 6.57 Å². The Kier molecular flexibility index (Phi) is 5.95. The fourth-order valence-electron chi connectivity index (χ4n) is 3.27. The Bertz CT molecular complexity index is 922. The predicted octanol–water partition coefficient (Wildman–Crippen LogP) is 4.42. The summed E-state index contributed by atoms with van der Waals surface area (Å²) < 4.78 is 25.9. The molecule has 0 aliphatic carbocycles. The van der Waals surface area contributed by atoms with Gasteiger partial charge in [0, 0.05) is 18.5 Å². The third kappa shape index (κ3) is 4.15. The lowest BCUT2D eigenvalue weighted by Crippen LogP contribution is -2.48. The number of nitrogens with zero attached hydrogens (tertiary/aromatic N) is 2. The Balaban J connectivity index is 1.84. The maximum absolute atomic E-state index is 14.6. The number of methoxy groups -OCH3 is 1. The second-order valence-corrected chi connectivity index (χ2v) is 6.48. The SMILES string of the molecule is [C-]#[N+]c1cc(O[C@@H]2CCN(C(=O)C=C)C[C@H]2F)cc(-c2ccccc2OC)c1. The number of carbonyl (C=O) groups excluding carboxylic acids is 1. The van der Waals surface area contributed by atoms with E-state index in [4.69, 9.17) is 16.0 Å². The summed E-state index contributed by atoms with van der Waals surface area (Å²) in [4.78, 5) is 16.6. The number of hydrogen-bond donors (Lipinski definition) is 0. The van der Waals surface area contributed by atoms with E-state index in [1.807, 2.05) is 24.3 Å². The van der Waals surface area contributed by atoms with Crippen molar-refractivity contribution in [3.8, 4) is 22.6 Å². The van der Waals surface area contributed by atoms with Crippen molar-refractivity contribution in [1.29, 1.82) is 0 Å². The second kappa shape index (κ2) is 8.57. The van der Waals surface area contributed by atoms with E-state index in [9.17, 15) is 9.18 Å². The van der Waals surface area contributed by atoms with E-state index in [0.717, 1.165) is 11.1 Å². The van der Waals surface area contributed by atoms with E-state index in [2.05, 4.69) is 11.4 Å². The largest absolute Gasteiger partial charge is 0.496 e. The van der Waals surface area contributed by atoms with E-state index in [1.165, 1.54) is 11.0 Å². The minimum Gasteiger partial charge on any atom is -0.496 e. The molecule has 0 bridgehead atoms. The van der Waals surface area contributed by atoms with Crippen molar-refractivity contribution in [3.05, 3.63) is 66.5 Å². The average Bonchev–Trinajstić information content (AvgIpc) is 2.74. The molecule has 2 atom stereocenters. The van der Waals surface area contributed by atoms with Crippen LogP contribution in [0.2, 0.25) is 0 Å².